The highest BCUT2D eigenvalue weighted by atomic mass is 16.4. The standard InChI is InChI=1S/C27H47NO/c1-18(2)9-8-10-19(3)21-12-13-22-20-17-25(28-29)24-11-6-7-15-26(24,4)23(20)14-16-27(21,22)5/h18-24,29H,6-17H2,1-5H3/b28-25+/t19-,20?,21-,22+,23+,24-,26-,27-/m1/s1. The first-order valence-electron chi connectivity index (χ1n) is 13.0. The summed E-state index contributed by atoms with van der Waals surface area (Å²) in [6.45, 7) is 12.5. The lowest BCUT2D eigenvalue weighted by Crippen LogP contribution is -2.56. The van der Waals surface area contributed by atoms with Crippen LogP contribution in [0, 0.1) is 52.3 Å². The lowest BCUT2D eigenvalue weighted by atomic mass is 9.44. The fourth-order valence-corrected chi connectivity index (χ4v) is 9.26. The smallest absolute Gasteiger partial charge is 0.0610 e. The second-order valence-corrected chi connectivity index (χ2v) is 12.5. The molecule has 1 unspecified atom stereocenters. The van der Waals surface area contributed by atoms with Crippen molar-refractivity contribution in [1.29, 1.82) is 0 Å². The molecule has 2 nitrogen and oxygen atoms in total. The number of hydrogen-bond acceptors (Lipinski definition) is 2. The van der Waals surface area contributed by atoms with E-state index >= 15 is 0 Å². The maximum absolute atomic E-state index is 9.91. The number of oxime groups is 1. The summed E-state index contributed by atoms with van der Waals surface area (Å²) in [6.07, 6.45) is 16.4. The molecule has 0 saturated heterocycles. The molecule has 0 aromatic heterocycles. The molecule has 0 aromatic rings. The third kappa shape index (κ3) is 3.59. The van der Waals surface area contributed by atoms with Crippen LogP contribution in [-0.2, 0) is 0 Å². The first kappa shape index (κ1) is 21.7. The maximum atomic E-state index is 9.91. The third-order valence-corrected chi connectivity index (χ3v) is 10.7. The van der Waals surface area contributed by atoms with Crippen molar-refractivity contribution in [1.82, 2.24) is 0 Å². The van der Waals surface area contributed by atoms with Gasteiger partial charge in [0.05, 0.1) is 5.71 Å². The zero-order chi connectivity index (χ0) is 20.8. The first-order chi connectivity index (χ1) is 13.8. The Morgan fingerprint density at radius 1 is 0.931 bits per heavy atom. The van der Waals surface area contributed by atoms with E-state index < -0.39 is 0 Å². The molecule has 4 rings (SSSR count). The molecule has 4 aliphatic rings. The summed E-state index contributed by atoms with van der Waals surface area (Å²) in [7, 11) is 0. The van der Waals surface area contributed by atoms with Crippen LogP contribution in [0.25, 0.3) is 0 Å². The van der Waals surface area contributed by atoms with Crippen molar-refractivity contribution in [3.8, 4) is 0 Å². The fraction of sp³-hybridized carbons (Fsp3) is 0.963. The lowest BCUT2D eigenvalue weighted by molar-refractivity contribution is -0.0806. The maximum Gasteiger partial charge on any atom is 0.0610 e. The van der Waals surface area contributed by atoms with Crippen molar-refractivity contribution >= 4 is 5.71 Å². The highest BCUT2D eigenvalue weighted by Crippen LogP contribution is 2.68. The van der Waals surface area contributed by atoms with Gasteiger partial charge in [-0.1, -0.05) is 71.9 Å². The molecule has 0 spiro atoms. The Bertz CT molecular complexity index is 612. The summed E-state index contributed by atoms with van der Waals surface area (Å²) in [5.41, 5.74) is 2.09. The molecule has 0 amide bonds. The van der Waals surface area contributed by atoms with Crippen LogP contribution in [0.2, 0.25) is 0 Å². The highest BCUT2D eigenvalue weighted by molar-refractivity contribution is 5.88. The van der Waals surface area contributed by atoms with Gasteiger partial charge in [-0.15, -0.1) is 0 Å². The zero-order valence-electron chi connectivity index (χ0n) is 19.9. The molecule has 4 fully saturated rings. The Balaban J connectivity index is 1.53. The normalized spacial score (nSPS) is 47.0. The minimum absolute atomic E-state index is 0.394. The molecular weight excluding hydrogens is 354 g/mol. The molecule has 0 heterocycles. The number of fused-ring (bicyclic) bond motifs is 5. The van der Waals surface area contributed by atoms with E-state index in [4.69, 9.17) is 0 Å². The average Bonchev–Trinajstić information content (AvgIpc) is 3.04. The van der Waals surface area contributed by atoms with Crippen LogP contribution in [0.15, 0.2) is 5.16 Å². The molecule has 29 heavy (non-hydrogen) atoms. The van der Waals surface area contributed by atoms with Gasteiger partial charge in [0.15, 0.2) is 0 Å². The van der Waals surface area contributed by atoms with Crippen molar-refractivity contribution in [2.75, 3.05) is 0 Å². The summed E-state index contributed by atoms with van der Waals surface area (Å²) in [5.74, 6) is 5.67. The Kier molecular flexibility index (Phi) is 6.13. The van der Waals surface area contributed by atoms with Crippen LogP contribution < -0.4 is 0 Å². The highest BCUT2D eigenvalue weighted by Gasteiger charge is 2.61. The molecule has 0 aromatic carbocycles. The molecule has 0 bridgehead atoms. The number of nitrogens with zero attached hydrogens (tertiary/aromatic N) is 1. The number of rotatable bonds is 5. The average molecular weight is 402 g/mol. The van der Waals surface area contributed by atoms with E-state index in [0.717, 1.165) is 41.9 Å². The predicted octanol–water partition coefficient (Wildman–Crippen LogP) is 7.94. The van der Waals surface area contributed by atoms with E-state index in [2.05, 4.69) is 39.8 Å². The molecule has 1 N–H and O–H groups in total. The van der Waals surface area contributed by atoms with Gasteiger partial charge in [-0.3, -0.25) is 0 Å². The summed E-state index contributed by atoms with van der Waals surface area (Å²) in [6, 6.07) is 0. The summed E-state index contributed by atoms with van der Waals surface area (Å²) in [5, 5.41) is 13.8. The lowest BCUT2D eigenvalue weighted by Gasteiger charge is -2.60. The Morgan fingerprint density at radius 2 is 1.69 bits per heavy atom. The van der Waals surface area contributed by atoms with Gasteiger partial charge in [0.1, 0.15) is 0 Å². The SMILES string of the molecule is CC(C)CCC[C@@H](C)[C@H]1CC[C@H]2C3C/C(=N\O)[C@H]4CCCC[C@]4(C)[C@H]3CC[C@]12C. The van der Waals surface area contributed by atoms with E-state index in [1.54, 1.807) is 0 Å². The van der Waals surface area contributed by atoms with Gasteiger partial charge in [-0.2, -0.15) is 0 Å². The van der Waals surface area contributed by atoms with Crippen LogP contribution in [0.5, 0.6) is 0 Å². The predicted molar refractivity (Wildman–Crippen MR) is 122 cm³/mol. The molecule has 0 aliphatic heterocycles. The van der Waals surface area contributed by atoms with E-state index in [0.29, 0.717) is 16.7 Å². The van der Waals surface area contributed by atoms with Gasteiger partial charge in [-0.25, -0.2) is 0 Å². The summed E-state index contributed by atoms with van der Waals surface area (Å²) < 4.78 is 0. The molecule has 4 saturated carbocycles. The van der Waals surface area contributed by atoms with Crippen LogP contribution in [0.1, 0.15) is 112 Å². The van der Waals surface area contributed by atoms with Crippen molar-refractivity contribution in [2.45, 2.75) is 112 Å². The second kappa shape index (κ2) is 8.19. The fourth-order valence-electron chi connectivity index (χ4n) is 9.26. The molecule has 0 radical (unpaired) electrons. The minimum atomic E-state index is 0.394. The van der Waals surface area contributed by atoms with Gasteiger partial charge in [0, 0.05) is 5.92 Å². The van der Waals surface area contributed by atoms with E-state index in [1.165, 1.54) is 76.3 Å². The molecular formula is C27H47NO. The van der Waals surface area contributed by atoms with Gasteiger partial charge < -0.3 is 5.21 Å². The zero-order valence-corrected chi connectivity index (χ0v) is 19.9. The largest absolute Gasteiger partial charge is 0.411 e. The van der Waals surface area contributed by atoms with Crippen molar-refractivity contribution in [3.63, 3.8) is 0 Å². The Hall–Kier alpha value is -0.530. The van der Waals surface area contributed by atoms with E-state index in [-0.39, 0.29) is 0 Å². The molecule has 4 aliphatic carbocycles. The van der Waals surface area contributed by atoms with Gasteiger partial charge in [0.2, 0.25) is 0 Å². The van der Waals surface area contributed by atoms with E-state index in [9.17, 15) is 5.21 Å². The van der Waals surface area contributed by atoms with Gasteiger partial charge >= 0.3 is 0 Å². The summed E-state index contributed by atoms with van der Waals surface area (Å²) >= 11 is 0. The van der Waals surface area contributed by atoms with Crippen molar-refractivity contribution in [3.05, 3.63) is 0 Å². The first-order valence-corrected chi connectivity index (χ1v) is 13.0. The van der Waals surface area contributed by atoms with Crippen LogP contribution in [0.4, 0.5) is 0 Å². The monoisotopic (exact) mass is 401 g/mol. The van der Waals surface area contributed by atoms with Crippen molar-refractivity contribution < 1.29 is 5.21 Å². The van der Waals surface area contributed by atoms with Crippen LogP contribution >= 0.6 is 0 Å². The van der Waals surface area contributed by atoms with E-state index in [1.807, 2.05) is 0 Å². The molecule has 2 heteroatoms. The molecule has 8 atom stereocenters. The Morgan fingerprint density at radius 3 is 2.41 bits per heavy atom. The van der Waals surface area contributed by atoms with Gasteiger partial charge in [-0.05, 0) is 91.3 Å². The second-order valence-electron chi connectivity index (χ2n) is 12.5. The molecule has 166 valence electrons. The quantitative estimate of drug-likeness (QED) is 0.368. The van der Waals surface area contributed by atoms with Crippen molar-refractivity contribution in [2.24, 2.45) is 57.4 Å². The minimum Gasteiger partial charge on any atom is -0.411 e. The Labute approximate surface area is 180 Å². The van der Waals surface area contributed by atoms with Crippen LogP contribution in [-0.4, -0.2) is 10.9 Å². The van der Waals surface area contributed by atoms with Gasteiger partial charge in [0.25, 0.3) is 0 Å². The third-order valence-electron chi connectivity index (χ3n) is 10.7. The van der Waals surface area contributed by atoms with Crippen LogP contribution in [0.3, 0.4) is 0 Å². The summed E-state index contributed by atoms with van der Waals surface area (Å²) in [4.78, 5) is 0. The number of hydrogen-bond donors (Lipinski definition) is 1. The topological polar surface area (TPSA) is 32.6 Å².